The Bertz CT molecular complexity index is 1140. The van der Waals surface area contributed by atoms with Crippen molar-refractivity contribution in [3.05, 3.63) is 81.9 Å². The summed E-state index contributed by atoms with van der Waals surface area (Å²) in [7, 11) is 0. The van der Waals surface area contributed by atoms with Crippen LogP contribution in [0.4, 0.5) is 0 Å². The molecule has 5 rings (SSSR count). The number of fused-ring (bicyclic) bond motifs is 3. The molecule has 0 saturated heterocycles. The normalized spacial score (nSPS) is 14.8. The van der Waals surface area contributed by atoms with Crippen LogP contribution in [0.3, 0.4) is 0 Å². The summed E-state index contributed by atoms with van der Waals surface area (Å²) < 4.78 is 5.55. The van der Waals surface area contributed by atoms with E-state index < -0.39 is 0 Å². The molecule has 0 aliphatic carbocycles. The third-order valence-corrected chi connectivity index (χ3v) is 4.55. The molecular weight excluding hydrogens is 282 g/mol. The van der Waals surface area contributed by atoms with Crippen LogP contribution >= 0.6 is 0 Å². The second-order valence-corrected chi connectivity index (χ2v) is 5.89. The molecule has 2 aliphatic heterocycles. The first-order valence-corrected chi connectivity index (χ1v) is 7.83. The van der Waals surface area contributed by atoms with Crippen molar-refractivity contribution in [2.24, 2.45) is 0 Å². The molecule has 2 aliphatic rings. The molecule has 0 spiro atoms. The Morgan fingerprint density at radius 3 is 2.70 bits per heavy atom. The first kappa shape index (κ1) is 12.5. The largest absolute Gasteiger partial charge is 0.463 e. The van der Waals surface area contributed by atoms with Crippen molar-refractivity contribution in [2.75, 3.05) is 6.54 Å². The van der Waals surface area contributed by atoms with Crippen molar-refractivity contribution < 1.29 is 4.42 Å². The molecule has 0 amide bonds. The minimum absolute atomic E-state index is 0.872. The van der Waals surface area contributed by atoms with Crippen LogP contribution in [0.1, 0.15) is 0 Å². The summed E-state index contributed by atoms with van der Waals surface area (Å²) in [4.78, 5) is 2.26. The van der Waals surface area contributed by atoms with Gasteiger partial charge in [-0.25, -0.2) is 0 Å². The Morgan fingerprint density at radius 2 is 1.78 bits per heavy atom. The monoisotopic (exact) mass is 297 g/mol. The van der Waals surface area contributed by atoms with Crippen molar-refractivity contribution in [1.82, 2.24) is 4.90 Å². The molecule has 0 N–H and O–H groups in total. The molecular formula is C21H15NO. The maximum absolute atomic E-state index is 5.55. The molecule has 0 saturated carbocycles. The van der Waals surface area contributed by atoms with E-state index in [9.17, 15) is 0 Å². The van der Waals surface area contributed by atoms with Crippen molar-refractivity contribution in [3.8, 4) is 11.1 Å². The van der Waals surface area contributed by atoms with E-state index in [1.54, 1.807) is 6.26 Å². The molecule has 3 heterocycles. The molecule has 110 valence electrons. The van der Waals surface area contributed by atoms with Gasteiger partial charge in [0.1, 0.15) is 5.42 Å². The molecule has 0 bridgehead atoms. The maximum atomic E-state index is 5.55. The molecule has 0 radical (unpaired) electrons. The van der Waals surface area contributed by atoms with E-state index >= 15 is 0 Å². The Balaban J connectivity index is 1.93. The van der Waals surface area contributed by atoms with Crippen LogP contribution in [0.2, 0.25) is 0 Å². The average Bonchev–Trinajstić information content (AvgIpc) is 3.07. The van der Waals surface area contributed by atoms with E-state index in [-0.39, 0.29) is 0 Å². The highest BCUT2D eigenvalue weighted by molar-refractivity contribution is 5.84. The fraction of sp³-hybridized carbons (Fsp3) is 0.0476. The van der Waals surface area contributed by atoms with Crippen LogP contribution in [0, 0.1) is 0 Å². The van der Waals surface area contributed by atoms with Crippen LogP contribution in [-0.4, -0.2) is 11.4 Å². The number of furan rings is 1. The number of hydrogen-bond acceptors (Lipinski definition) is 2. The minimum Gasteiger partial charge on any atom is -0.463 e. The van der Waals surface area contributed by atoms with Crippen LogP contribution in [0.5, 0.6) is 0 Å². The van der Waals surface area contributed by atoms with Gasteiger partial charge >= 0.3 is 0 Å². The third-order valence-electron chi connectivity index (χ3n) is 4.55. The summed E-state index contributed by atoms with van der Waals surface area (Å²) in [5.41, 5.74) is 4.70. The van der Waals surface area contributed by atoms with Gasteiger partial charge in [0, 0.05) is 23.2 Å². The fourth-order valence-corrected chi connectivity index (χ4v) is 3.44. The second kappa shape index (κ2) is 4.75. The van der Waals surface area contributed by atoms with Gasteiger partial charge in [-0.05, 0) is 28.5 Å². The van der Waals surface area contributed by atoms with Crippen LogP contribution in [0.15, 0.2) is 65.3 Å². The lowest BCUT2D eigenvalue weighted by molar-refractivity contribution is 0.513. The van der Waals surface area contributed by atoms with Crippen molar-refractivity contribution >= 4 is 24.0 Å². The van der Waals surface area contributed by atoms with Gasteiger partial charge in [0.15, 0.2) is 0 Å². The zero-order valence-electron chi connectivity index (χ0n) is 12.6. The molecule has 0 unspecified atom stereocenters. The molecule has 2 heteroatoms. The highest BCUT2D eigenvalue weighted by atomic mass is 16.3. The SMILES string of the molecule is C1=c2ccoc2=CN2CC=c3cccc(-c4ccccc4)c3=C12. The van der Waals surface area contributed by atoms with Gasteiger partial charge in [-0.1, -0.05) is 54.6 Å². The number of rotatable bonds is 1. The second-order valence-electron chi connectivity index (χ2n) is 5.89. The zero-order valence-corrected chi connectivity index (χ0v) is 12.6. The smallest absolute Gasteiger partial charge is 0.150 e. The fourth-order valence-electron chi connectivity index (χ4n) is 3.44. The van der Waals surface area contributed by atoms with Crippen molar-refractivity contribution in [3.63, 3.8) is 0 Å². The third kappa shape index (κ3) is 1.88. The summed E-state index contributed by atoms with van der Waals surface area (Å²) >= 11 is 0. The van der Waals surface area contributed by atoms with Crippen LogP contribution in [0.25, 0.3) is 35.2 Å². The average molecular weight is 297 g/mol. The Labute approximate surface area is 133 Å². The summed E-state index contributed by atoms with van der Waals surface area (Å²) in [5, 5.41) is 3.74. The molecule has 0 fully saturated rings. The Hall–Kier alpha value is -3.00. The van der Waals surface area contributed by atoms with Gasteiger partial charge in [0.05, 0.1) is 12.0 Å². The quantitative estimate of drug-likeness (QED) is 0.675. The summed E-state index contributed by atoms with van der Waals surface area (Å²) in [6, 6.07) is 19.2. The van der Waals surface area contributed by atoms with E-state index in [1.807, 2.05) is 6.07 Å². The molecule has 3 aromatic rings. The predicted octanol–water partition coefficient (Wildman–Crippen LogP) is 1.38. The van der Waals surface area contributed by atoms with Crippen molar-refractivity contribution in [1.29, 1.82) is 0 Å². The van der Waals surface area contributed by atoms with Gasteiger partial charge in [0.2, 0.25) is 0 Å². The zero-order chi connectivity index (χ0) is 15.2. The van der Waals surface area contributed by atoms with Crippen LogP contribution in [-0.2, 0) is 0 Å². The number of hydrogen-bond donors (Lipinski definition) is 0. The number of nitrogens with zero attached hydrogens (tertiary/aromatic N) is 1. The Morgan fingerprint density at radius 1 is 0.870 bits per heavy atom. The van der Waals surface area contributed by atoms with Gasteiger partial charge in [-0.15, -0.1) is 0 Å². The van der Waals surface area contributed by atoms with E-state index in [0.717, 1.165) is 17.2 Å². The summed E-state index contributed by atoms with van der Waals surface area (Å²) in [5.74, 6) is 0. The highest BCUT2D eigenvalue weighted by Gasteiger charge is 2.16. The van der Waals surface area contributed by atoms with E-state index in [4.69, 9.17) is 4.42 Å². The number of benzene rings is 2. The van der Waals surface area contributed by atoms with Gasteiger partial charge in [-0.3, -0.25) is 0 Å². The lowest BCUT2D eigenvalue weighted by atomic mass is 9.97. The molecule has 2 aromatic carbocycles. The van der Waals surface area contributed by atoms with Gasteiger partial charge < -0.3 is 9.32 Å². The van der Waals surface area contributed by atoms with Crippen molar-refractivity contribution in [2.45, 2.75) is 0 Å². The molecule has 0 atom stereocenters. The highest BCUT2D eigenvalue weighted by Crippen LogP contribution is 2.18. The molecule has 1 aromatic heterocycles. The van der Waals surface area contributed by atoms with E-state index in [0.29, 0.717) is 0 Å². The van der Waals surface area contributed by atoms with Crippen LogP contribution < -0.4 is 21.1 Å². The lowest BCUT2D eigenvalue weighted by Crippen LogP contribution is -2.42. The van der Waals surface area contributed by atoms with E-state index in [2.05, 4.69) is 71.8 Å². The van der Waals surface area contributed by atoms with Gasteiger partial charge in [0.25, 0.3) is 0 Å². The lowest BCUT2D eigenvalue weighted by Gasteiger charge is -2.25. The summed E-state index contributed by atoms with van der Waals surface area (Å²) in [6.07, 6.45) is 8.37. The predicted molar refractivity (Wildman–Crippen MR) is 92.6 cm³/mol. The molecule has 23 heavy (non-hydrogen) atoms. The first-order valence-electron chi connectivity index (χ1n) is 7.83. The minimum atomic E-state index is 0.872. The maximum Gasteiger partial charge on any atom is 0.150 e. The standard InChI is InChI=1S/C21H15NO/c1-2-5-15(6-3-1)18-8-4-7-16-9-11-22-14-20-17(10-12-23-20)13-19(22)21(16)18/h1-10,12-14H,11H2. The Kier molecular flexibility index (Phi) is 2.59. The first-order chi connectivity index (χ1) is 11.4. The molecule has 2 nitrogen and oxygen atoms in total. The van der Waals surface area contributed by atoms with Gasteiger partial charge in [-0.2, -0.15) is 0 Å². The summed E-state index contributed by atoms with van der Waals surface area (Å²) in [6.45, 7) is 0.872. The topological polar surface area (TPSA) is 16.4 Å². The van der Waals surface area contributed by atoms with E-state index in [1.165, 1.54) is 27.3 Å².